The summed E-state index contributed by atoms with van der Waals surface area (Å²) in [6.07, 6.45) is 3.85. The Balaban J connectivity index is 1.94. The highest BCUT2D eigenvalue weighted by Crippen LogP contribution is 2.30. The number of fused-ring (bicyclic) bond motifs is 1. The number of aromatic nitrogens is 4. The van der Waals surface area contributed by atoms with Gasteiger partial charge in [-0.1, -0.05) is 19.9 Å². The number of nitrogens with zero attached hydrogens (tertiary/aromatic N) is 5. The van der Waals surface area contributed by atoms with Crippen LogP contribution in [0.15, 0.2) is 23.0 Å². The number of nitriles is 1. The number of rotatable bonds is 5. The Hall–Kier alpha value is -3.01. The maximum Gasteiger partial charge on any atom is 0.226 e. The van der Waals surface area contributed by atoms with E-state index in [1.165, 1.54) is 0 Å². The van der Waals surface area contributed by atoms with Crippen molar-refractivity contribution in [2.75, 3.05) is 5.73 Å². The van der Waals surface area contributed by atoms with Crippen LogP contribution in [0, 0.1) is 18.3 Å². The lowest BCUT2D eigenvalue weighted by atomic mass is 9.80. The van der Waals surface area contributed by atoms with Crippen LogP contribution in [0.4, 0.5) is 5.69 Å². The molecule has 0 aliphatic carbocycles. The molecule has 0 spiro atoms. The number of anilines is 1. The van der Waals surface area contributed by atoms with Gasteiger partial charge in [-0.05, 0) is 41.7 Å². The summed E-state index contributed by atoms with van der Waals surface area (Å²) < 4.78 is 4.71. The molecule has 3 aromatic heterocycles. The standard InChI is InChI=1S/C18H20N6O/c1-4-18(5-2,10-19)14-7-6-12(9-21-14)8-13-11(3)22-17-16(15(13)20)23-25-24-17/h6-7,9H,4-5,8,20H2,1-3H3. The molecule has 0 aliphatic rings. The SMILES string of the molecule is CCC(C#N)(CC)c1ccc(Cc2c(C)nc3nonc3c2N)cn1. The van der Waals surface area contributed by atoms with Gasteiger partial charge in [0.15, 0.2) is 5.52 Å². The molecule has 0 bridgehead atoms. The fourth-order valence-corrected chi connectivity index (χ4v) is 3.06. The number of hydrogen-bond acceptors (Lipinski definition) is 7. The molecule has 0 radical (unpaired) electrons. The molecule has 3 rings (SSSR count). The molecule has 0 fully saturated rings. The molecule has 0 amide bonds. The monoisotopic (exact) mass is 336 g/mol. The average Bonchev–Trinajstić information content (AvgIpc) is 3.10. The largest absolute Gasteiger partial charge is 0.396 e. The summed E-state index contributed by atoms with van der Waals surface area (Å²) in [6.45, 7) is 5.91. The minimum atomic E-state index is -0.527. The van der Waals surface area contributed by atoms with Crippen molar-refractivity contribution in [3.63, 3.8) is 0 Å². The molecule has 0 saturated carbocycles. The number of nitrogens with two attached hydrogens (primary N) is 1. The van der Waals surface area contributed by atoms with Crippen LogP contribution in [-0.2, 0) is 11.8 Å². The molecule has 0 atom stereocenters. The maximum absolute atomic E-state index is 9.55. The van der Waals surface area contributed by atoms with Crippen LogP contribution in [0.3, 0.4) is 0 Å². The van der Waals surface area contributed by atoms with Crippen LogP contribution in [0.2, 0.25) is 0 Å². The van der Waals surface area contributed by atoms with E-state index >= 15 is 0 Å². The highest BCUT2D eigenvalue weighted by atomic mass is 16.6. The Labute approximate surface area is 145 Å². The minimum Gasteiger partial charge on any atom is -0.396 e. The van der Waals surface area contributed by atoms with Crippen molar-refractivity contribution in [2.24, 2.45) is 0 Å². The van der Waals surface area contributed by atoms with Gasteiger partial charge in [0.05, 0.1) is 22.9 Å². The molecule has 3 heterocycles. The number of aryl methyl sites for hydroxylation is 1. The van der Waals surface area contributed by atoms with E-state index in [0.29, 0.717) is 23.3 Å². The van der Waals surface area contributed by atoms with Crippen LogP contribution in [-0.4, -0.2) is 20.3 Å². The first-order chi connectivity index (χ1) is 12.0. The van der Waals surface area contributed by atoms with Gasteiger partial charge in [0, 0.05) is 23.9 Å². The Morgan fingerprint density at radius 3 is 2.60 bits per heavy atom. The second-order valence-electron chi connectivity index (χ2n) is 6.16. The lowest BCUT2D eigenvalue weighted by Crippen LogP contribution is -2.23. The predicted octanol–water partition coefficient (Wildman–Crippen LogP) is 3.08. The molecule has 0 aromatic carbocycles. The van der Waals surface area contributed by atoms with E-state index in [-0.39, 0.29) is 0 Å². The summed E-state index contributed by atoms with van der Waals surface area (Å²) in [5.74, 6) is 0. The second-order valence-corrected chi connectivity index (χ2v) is 6.16. The molecule has 128 valence electrons. The van der Waals surface area contributed by atoms with Crippen molar-refractivity contribution < 1.29 is 4.63 Å². The van der Waals surface area contributed by atoms with E-state index in [1.54, 1.807) is 6.20 Å². The molecule has 2 N–H and O–H groups in total. The molecule has 3 aromatic rings. The number of hydrogen-bond donors (Lipinski definition) is 1. The van der Waals surface area contributed by atoms with E-state index in [4.69, 9.17) is 10.4 Å². The van der Waals surface area contributed by atoms with E-state index in [0.717, 1.165) is 35.4 Å². The summed E-state index contributed by atoms with van der Waals surface area (Å²) >= 11 is 0. The fourth-order valence-electron chi connectivity index (χ4n) is 3.06. The molecule has 0 saturated heterocycles. The second kappa shape index (κ2) is 6.48. The predicted molar refractivity (Wildman–Crippen MR) is 93.7 cm³/mol. The molecule has 0 aliphatic heterocycles. The topological polar surface area (TPSA) is 115 Å². The summed E-state index contributed by atoms with van der Waals surface area (Å²) in [5, 5.41) is 17.1. The van der Waals surface area contributed by atoms with Gasteiger partial charge in [0.25, 0.3) is 0 Å². The van der Waals surface area contributed by atoms with Crippen molar-refractivity contribution in [3.05, 3.63) is 40.8 Å². The van der Waals surface area contributed by atoms with Gasteiger partial charge in [0.2, 0.25) is 5.65 Å². The molecule has 25 heavy (non-hydrogen) atoms. The van der Waals surface area contributed by atoms with Gasteiger partial charge < -0.3 is 5.73 Å². The zero-order chi connectivity index (χ0) is 18.0. The third-order valence-corrected chi connectivity index (χ3v) is 4.88. The zero-order valence-corrected chi connectivity index (χ0v) is 14.6. The Morgan fingerprint density at radius 2 is 2.00 bits per heavy atom. The van der Waals surface area contributed by atoms with Crippen molar-refractivity contribution in [1.29, 1.82) is 5.26 Å². The smallest absolute Gasteiger partial charge is 0.226 e. The third kappa shape index (κ3) is 2.80. The van der Waals surface area contributed by atoms with Crippen molar-refractivity contribution >= 4 is 16.9 Å². The summed E-state index contributed by atoms with van der Waals surface area (Å²) in [7, 11) is 0. The Kier molecular flexibility index (Phi) is 4.36. The van der Waals surface area contributed by atoms with Crippen LogP contribution in [0.25, 0.3) is 11.2 Å². The highest BCUT2D eigenvalue weighted by Gasteiger charge is 2.29. The van der Waals surface area contributed by atoms with Gasteiger partial charge >= 0.3 is 0 Å². The van der Waals surface area contributed by atoms with E-state index in [9.17, 15) is 5.26 Å². The molecule has 7 nitrogen and oxygen atoms in total. The number of nitrogen functional groups attached to an aromatic ring is 1. The van der Waals surface area contributed by atoms with Gasteiger partial charge in [-0.15, -0.1) is 0 Å². The minimum absolute atomic E-state index is 0.414. The van der Waals surface area contributed by atoms with E-state index in [2.05, 4.69) is 26.4 Å². The van der Waals surface area contributed by atoms with Crippen molar-refractivity contribution in [3.8, 4) is 6.07 Å². The fraction of sp³-hybridized carbons (Fsp3) is 0.389. The number of pyridine rings is 2. The van der Waals surface area contributed by atoms with Gasteiger partial charge in [-0.2, -0.15) is 5.26 Å². The van der Waals surface area contributed by atoms with E-state index in [1.807, 2.05) is 32.9 Å². The van der Waals surface area contributed by atoms with Gasteiger partial charge in [-0.3, -0.25) is 4.98 Å². The molecule has 0 unspecified atom stereocenters. The third-order valence-electron chi connectivity index (χ3n) is 4.88. The molecule has 7 heteroatoms. The van der Waals surface area contributed by atoms with Gasteiger partial charge in [0.1, 0.15) is 0 Å². The zero-order valence-electron chi connectivity index (χ0n) is 14.6. The summed E-state index contributed by atoms with van der Waals surface area (Å²) in [5.41, 5.74) is 10.6. The Morgan fingerprint density at radius 1 is 1.24 bits per heavy atom. The summed E-state index contributed by atoms with van der Waals surface area (Å²) in [4.78, 5) is 8.92. The maximum atomic E-state index is 9.55. The average molecular weight is 336 g/mol. The first-order valence-corrected chi connectivity index (χ1v) is 8.28. The van der Waals surface area contributed by atoms with Crippen LogP contribution in [0.5, 0.6) is 0 Å². The highest BCUT2D eigenvalue weighted by molar-refractivity contribution is 5.85. The Bertz CT molecular complexity index is 935. The normalized spacial score (nSPS) is 11.6. The van der Waals surface area contributed by atoms with Crippen molar-refractivity contribution in [2.45, 2.75) is 45.4 Å². The first kappa shape index (κ1) is 16.8. The van der Waals surface area contributed by atoms with Crippen molar-refractivity contribution in [1.82, 2.24) is 20.3 Å². The lowest BCUT2D eigenvalue weighted by molar-refractivity contribution is 0.315. The summed E-state index contributed by atoms with van der Waals surface area (Å²) in [6, 6.07) is 6.34. The van der Waals surface area contributed by atoms with Crippen LogP contribution >= 0.6 is 0 Å². The quantitative estimate of drug-likeness (QED) is 0.761. The van der Waals surface area contributed by atoms with Gasteiger partial charge in [-0.25, -0.2) is 9.61 Å². The van der Waals surface area contributed by atoms with E-state index < -0.39 is 5.41 Å². The lowest BCUT2D eigenvalue weighted by Gasteiger charge is -2.22. The molecular weight excluding hydrogens is 316 g/mol. The first-order valence-electron chi connectivity index (χ1n) is 8.28. The van der Waals surface area contributed by atoms with Crippen LogP contribution in [0.1, 0.15) is 49.2 Å². The molecular formula is C18H20N6O. The van der Waals surface area contributed by atoms with Crippen LogP contribution < -0.4 is 5.73 Å².